The van der Waals surface area contributed by atoms with Crippen molar-refractivity contribution in [1.29, 1.82) is 0 Å². The number of para-hydroxylation sites is 1. The molecule has 0 bridgehead atoms. The number of carbonyl (C=O) groups excluding carboxylic acids is 2. The van der Waals surface area contributed by atoms with Gasteiger partial charge in [-0.05, 0) is 60.2 Å². The van der Waals surface area contributed by atoms with E-state index in [1.807, 2.05) is 32.0 Å². The number of hydrogen-bond donors (Lipinski definition) is 1. The zero-order chi connectivity index (χ0) is 22.2. The second kappa shape index (κ2) is 10.4. The van der Waals surface area contributed by atoms with Crippen molar-refractivity contribution in [2.45, 2.75) is 13.8 Å². The summed E-state index contributed by atoms with van der Waals surface area (Å²) in [5, 5.41) is 5.74. The second-order valence-electron chi connectivity index (χ2n) is 6.58. The molecule has 3 aromatic rings. The minimum atomic E-state index is -0.453. The van der Waals surface area contributed by atoms with Crippen molar-refractivity contribution in [3.05, 3.63) is 75.5 Å². The predicted molar refractivity (Wildman–Crippen MR) is 119 cm³/mol. The largest absolute Gasteiger partial charge is 0.493 e. The van der Waals surface area contributed by atoms with Crippen molar-refractivity contribution >= 4 is 29.4 Å². The minimum absolute atomic E-state index is 0.149. The highest BCUT2D eigenvalue weighted by Crippen LogP contribution is 2.29. The molecular weight excluding hydrogens is 416 g/mol. The van der Waals surface area contributed by atoms with Gasteiger partial charge in [-0.25, -0.2) is 10.2 Å². The zero-order valence-corrected chi connectivity index (χ0v) is 18.2. The fourth-order valence-electron chi connectivity index (χ4n) is 2.77. The van der Waals surface area contributed by atoms with E-state index < -0.39 is 5.97 Å². The molecule has 0 aliphatic carbocycles. The number of ether oxygens (including phenoxy) is 3. The lowest BCUT2D eigenvalue weighted by molar-refractivity contribution is -0.123. The molecule has 0 atom stereocenters. The molecule has 0 saturated heterocycles. The van der Waals surface area contributed by atoms with Gasteiger partial charge in [0.1, 0.15) is 10.6 Å². The SMILES string of the molecule is COc1cc(C=NNC(=O)COc2c(C)cccc2C)ccc1OC(=O)c1cccs1. The van der Waals surface area contributed by atoms with Gasteiger partial charge in [-0.3, -0.25) is 4.79 Å². The zero-order valence-electron chi connectivity index (χ0n) is 17.4. The number of carbonyl (C=O) groups is 2. The third-order valence-corrected chi connectivity index (χ3v) is 5.12. The molecule has 1 aromatic heterocycles. The number of hydrogen-bond acceptors (Lipinski definition) is 7. The van der Waals surface area contributed by atoms with E-state index in [0.29, 0.717) is 27.7 Å². The number of thiophene rings is 1. The van der Waals surface area contributed by atoms with Gasteiger partial charge >= 0.3 is 5.97 Å². The van der Waals surface area contributed by atoms with Crippen LogP contribution < -0.4 is 19.6 Å². The van der Waals surface area contributed by atoms with E-state index >= 15 is 0 Å². The molecule has 0 aliphatic heterocycles. The highest BCUT2D eigenvalue weighted by molar-refractivity contribution is 7.12. The molecule has 0 unspecified atom stereocenters. The first-order valence-corrected chi connectivity index (χ1v) is 10.3. The molecular formula is C23H22N2O5S. The molecule has 2 aromatic carbocycles. The maximum Gasteiger partial charge on any atom is 0.353 e. The van der Waals surface area contributed by atoms with Crippen LogP contribution in [0.5, 0.6) is 17.2 Å². The van der Waals surface area contributed by atoms with Gasteiger partial charge in [0.15, 0.2) is 18.1 Å². The van der Waals surface area contributed by atoms with Crippen LogP contribution in [0.3, 0.4) is 0 Å². The Labute approximate surface area is 184 Å². The molecule has 0 saturated carbocycles. The van der Waals surface area contributed by atoms with Crippen molar-refractivity contribution in [2.75, 3.05) is 13.7 Å². The Hall–Kier alpha value is -3.65. The third kappa shape index (κ3) is 5.93. The molecule has 1 heterocycles. The van der Waals surface area contributed by atoms with Gasteiger partial charge in [0.2, 0.25) is 0 Å². The molecule has 1 N–H and O–H groups in total. The van der Waals surface area contributed by atoms with E-state index in [0.717, 1.165) is 11.1 Å². The first-order valence-electron chi connectivity index (χ1n) is 9.42. The molecule has 0 spiro atoms. The summed E-state index contributed by atoms with van der Waals surface area (Å²) in [6.45, 7) is 3.70. The van der Waals surface area contributed by atoms with Crippen molar-refractivity contribution in [2.24, 2.45) is 5.10 Å². The Morgan fingerprint density at radius 2 is 1.84 bits per heavy atom. The Bertz CT molecular complexity index is 1070. The molecule has 0 fully saturated rings. The second-order valence-corrected chi connectivity index (χ2v) is 7.53. The van der Waals surface area contributed by atoms with Crippen LogP contribution in [0.25, 0.3) is 0 Å². The monoisotopic (exact) mass is 438 g/mol. The van der Waals surface area contributed by atoms with E-state index in [2.05, 4.69) is 10.5 Å². The van der Waals surface area contributed by atoms with Crippen LogP contribution in [0.4, 0.5) is 0 Å². The van der Waals surface area contributed by atoms with Crippen LogP contribution in [-0.4, -0.2) is 31.8 Å². The predicted octanol–water partition coefficient (Wildman–Crippen LogP) is 4.12. The number of nitrogens with one attached hydrogen (secondary N) is 1. The molecule has 7 nitrogen and oxygen atoms in total. The summed E-state index contributed by atoms with van der Waals surface area (Å²) in [5.41, 5.74) is 5.00. The van der Waals surface area contributed by atoms with Crippen LogP contribution >= 0.6 is 11.3 Å². The first kappa shape index (κ1) is 22.0. The highest BCUT2D eigenvalue weighted by Gasteiger charge is 2.13. The molecule has 160 valence electrons. The summed E-state index contributed by atoms with van der Waals surface area (Å²) in [6.07, 6.45) is 1.46. The van der Waals surface area contributed by atoms with Gasteiger partial charge < -0.3 is 14.2 Å². The number of amides is 1. The van der Waals surface area contributed by atoms with E-state index in [-0.39, 0.29) is 12.5 Å². The summed E-state index contributed by atoms with van der Waals surface area (Å²) < 4.78 is 16.3. The summed E-state index contributed by atoms with van der Waals surface area (Å²) >= 11 is 1.30. The summed E-state index contributed by atoms with van der Waals surface area (Å²) in [7, 11) is 1.48. The van der Waals surface area contributed by atoms with Crippen molar-refractivity contribution in [3.8, 4) is 17.2 Å². The lowest BCUT2D eigenvalue weighted by atomic mass is 10.1. The normalized spacial score (nSPS) is 10.7. The van der Waals surface area contributed by atoms with Crippen LogP contribution in [0.1, 0.15) is 26.4 Å². The average Bonchev–Trinajstić information content (AvgIpc) is 3.29. The highest BCUT2D eigenvalue weighted by atomic mass is 32.1. The maximum atomic E-state index is 12.1. The lowest BCUT2D eigenvalue weighted by Gasteiger charge is -2.11. The maximum absolute atomic E-state index is 12.1. The van der Waals surface area contributed by atoms with Crippen molar-refractivity contribution in [1.82, 2.24) is 5.43 Å². The van der Waals surface area contributed by atoms with Crippen LogP contribution in [0.2, 0.25) is 0 Å². The fraction of sp³-hybridized carbons (Fsp3) is 0.174. The van der Waals surface area contributed by atoms with Crippen LogP contribution in [0.15, 0.2) is 59.0 Å². The van der Waals surface area contributed by atoms with Gasteiger partial charge in [0.25, 0.3) is 5.91 Å². The quantitative estimate of drug-likeness (QED) is 0.247. The number of esters is 1. The Kier molecular flexibility index (Phi) is 7.40. The molecule has 3 rings (SSSR count). The molecule has 8 heteroatoms. The Morgan fingerprint density at radius 3 is 2.52 bits per heavy atom. The average molecular weight is 439 g/mol. The summed E-state index contributed by atoms with van der Waals surface area (Å²) in [4.78, 5) is 24.6. The van der Waals surface area contributed by atoms with E-state index in [1.165, 1.54) is 24.7 Å². The number of rotatable bonds is 8. The van der Waals surface area contributed by atoms with E-state index in [4.69, 9.17) is 14.2 Å². The number of aryl methyl sites for hydroxylation is 2. The van der Waals surface area contributed by atoms with Gasteiger partial charge in [-0.15, -0.1) is 11.3 Å². The third-order valence-electron chi connectivity index (χ3n) is 4.27. The summed E-state index contributed by atoms with van der Waals surface area (Å²) in [5.74, 6) is 0.528. The van der Waals surface area contributed by atoms with Crippen molar-refractivity contribution < 1.29 is 23.8 Å². The van der Waals surface area contributed by atoms with E-state index in [9.17, 15) is 9.59 Å². The van der Waals surface area contributed by atoms with Crippen LogP contribution in [0, 0.1) is 13.8 Å². The van der Waals surface area contributed by atoms with Gasteiger partial charge in [-0.2, -0.15) is 5.10 Å². The van der Waals surface area contributed by atoms with Gasteiger partial charge in [0, 0.05) is 0 Å². The number of nitrogens with zero attached hydrogens (tertiary/aromatic N) is 1. The number of hydrazone groups is 1. The number of methoxy groups -OCH3 is 1. The van der Waals surface area contributed by atoms with Gasteiger partial charge in [-0.1, -0.05) is 24.3 Å². The molecule has 31 heavy (non-hydrogen) atoms. The number of benzene rings is 2. The lowest BCUT2D eigenvalue weighted by Crippen LogP contribution is -2.25. The minimum Gasteiger partial charge on any atom is -0.493 e. The summed E-state index contributed by atoms with van der Waals surface area (Å²) in [6, 6.07) is 14.2. The fourth-order valence-corrected chi connectivity index (χ4v) is 3.37. The first-order chi connectivity index (χ1) is 15.0. The molecule has 1 amide bonds. The molecule has 0 aliphatic rings. The van der Waals surface area contributed by atoms with Crippen LogP contribution in [-0.2, 0) is 4.79 Å². The Morgan fingerprint density at radius 1 is 1.06 bits per heavy atom. The van der Waals surface area contributed by atoms with E-state index in [1.54, 1.807) is 35.7 Å². The standard InChI is InChI=1S/C23H22N2O5S/c1-15-6-4-7-16(2)22(15)29-14-21(26)25-24-13-17-9-10-18(19(12-17)28-3)30-23(27)20-8-5-11-31-20/h4-13H,14H2,1-3H3,(H,25,26). The van der Waals surface area contributed by atoms with Crippen molar-refractivity contribution in [3.63, 3.8) is 0 Å². The molecule has 0 radical (unpaired) electrons. The Balaban J connectivity index is 1.56. The topological polar surface area (TPSA) is 86.2 Å². The smallest absolute Gasteiger partial charge is 0.353 e. The van der Waals surface area contributed by atoms with Gasteiger partial charge in [0.05, 0.1) is 13.3 Å².